The van der Waals surface area contributed by atoms with Crippen molar-refractivity contribution in [2.45, 2.75) is 58.6 Å². The molecule has 3 heteroatoms. The van der Waals surface area contributed by atoms with E-state index in [0.717, 1.165) is 37.4 Å². The summed E-state index contributed by atoms with van der Waals surface area (Å²) in [5.74, 6) is 1.07. The number of aliphatic hydroxyl groups is 1. The lowest BCUT2D eigenvalue weighted by Gasteiger charge is -2.40. The van der Waals surface area contributed by atoms with Crippen LogP contribution in [0.5, 0.6) is 0 Å². The van der Waals surface area contributed by atoms with Gasteiger partial charge in [-0.2, -0.15) is 5.10 Å². The molecule has 0 spiro atoms. The Kier molecular flexibility index (Phi) is 3.78. The van der Waals surface area contributed by atoms with Crippen LogP contribution in [-0.2, 0) is 13.0 Å². The molecule has 0 saturated heterocycles. The van der Waals surface area contributed by atoms with E-state index in [0.29, 0.717) is 12.3 Å². The summed E-state index contributed by atoms with van der Waals surface area (Å²) in [5.41, 5.74) is 1.63. The zero-order valence-electron chi connectivity index (χ0n) is 13.3. The maximum atomic E-state index is 11.1. The quantitative estimate of drug-likeness (QED) is 0.932. The highest BCUT2D eigenvalue weighted by Gasteiger charge is 2.39. The fourth-order valence-corrected chi connectivity index (χ4v) is 3.80. The monoisotopic (exact) mass is 286 g/mol. The molecule has 2 aromatic rings. The Morgan fingerprint density at radius 2 is 2.10 bits per heavy atom. The molecule has 1 fully saturated rings. The lowest BCUT2D eigenvalue weighted by atomic mass is 9.70. The Balaban J connectivity index is 1.94. The summed E-state index contributed by atoms with van der Waals surface area (Å²) in [6.07, 6.45) is 3.80. The first-order chi connectivity index (χ1) is 10.0. The van der Waals surface area contributed by atoms with E-state index in [9.17, 15) is 5.11 Å². The maximum Gasteiger partial charge on any atom is 0.0732 e. The van der Waals surface area contributed by atoms with Crippen LogP contribution in [0.2, 0.25) is 0 Å². The molecule has 0 aliphatic heterocycles. The van der Waals surface area contributed by atoms with Crippen LogP contribution in [0.25, 0.3) is 10.9 Å². The van der Waals surface area contributed by atoms with Crippen LogP contribution in [0, 0.1) is 11.8 Å². The van der Waals surface area contributed by atoms with Crippen molar-refractivity contribution < 1.29 is 5.11 Å². The zero-order chi connectivity index (χ0) is 15.0. The van der Waals surface area contributed by atoms with Gasteiger partial charge in [0, 0.05) is 18.4 Å². The Hall–Kier alpha value is -1.35. The zero-order valence-corrected chi connectivity index (χ0v) is 13.3. The largest absolute Gasteiger partial charge is 0.389 e. The van der Waals surface area contributed by atoms with E-state index >= 15 is 0 Å². The lowest BCUT2D eigenvalue weighted by Crippen LogP contribution is -2.43. The van der Waals surface area contributed by atoms with E-state index < -0.39 is 5.60 Å². The summed E-state index contributed by atoms with van der Waals surface area (Å²) in [4.78, 5) is 0. The summed E-state index contributed by atoms with van der Waals surface area (Å²) in [6.45, 7) is 7.46. The SMILES string of the molecule is CCn1nc(CC2(O)CCC(C)CC2C)c2ccccc21. The Bertz CT molecular complexity index is 633. The molecule has 3 unspecified atom stereocenters. The molecule has 1 N–H and O–H groups in total. The van der Waals surface area contributed by atoms with Gasteiger partial charge in [0.2, 0.25) is 0 Å². The molecule has 1 aromatic carbocycles. The highest BCUT2D eigenvalue weighted by molar-refractivity contribution is 5.82. The second kappa shape index (κ2) is 5.45. The first-order valence-electron chi connectivity index (χ1n) is 8.20. The van der Waals surface area contributed by atoms with Gasteiger partial charge >= 0.3 is 0 Å². The van der Waals surface area contributed by atoms with Crippen LogP contribution in [-0.4, -0.2) is 20.5 Å². The molecule has 114 valence electrons. The molecular formula is C18H26N2O. The Morgan fingerprint density at radius 3 is 2.81 bits per heavy atom. The highest BCUT2D eigenvalue weighted by Crippen LogP contribution is 2.39. The van der Waals surface area contributed by atoms with Crippen molar-refractivity contribution >= 4 is 10.9 Å². The van der Waals surface area contributed by atoms with Crippen LogP contribution in [0.4, 0.5) is 0 Å². The minimum absolute atomic E-state index is 0.340. The minimum Gasteiger partial charge on any atom is -0.389 e. The third kappa shape index (κ3) is 2.59. The summed E-state index contributed by atoms with van der Waals surface area (Å²) >= 11 is 0. The number of aryl methyl sites for hydroxylation is 1. The molecule has 1 aliphatic carbocycles. The van der Waals surface area contributed by atoms with Gasteiger partial charge in [-0.05, 0) is 44.1 Å². The van der Waals surface area contributed by atoms with Crippen molar-refractivity contribution in [1.82, 2.24) is 9.78 Å². The molecule has 3 atom stereocenters. The maximum absolute atomic E-state index is 11.1. The predicted octanol–water partition coefficient (Wildman–Crippen LogP) is 3.79. The number of para-hydroxylation sites is 1. The van der Waals surface area contributed by atoms with Crippen molar-refractivity contribution in [2.75, 3.05) is 0 Å². The molecule has 3 rings (SSSR count). The molecule has 1 aromatic heterocycles. The Labute approximate surface area is 127 Å². The fraction of sp³-hybridized carbons (Fsp3) is 0.611. The van der Waals surface area contributed by atoms with Gasteiger partial charge in [-0.3, -0.25) is 4.68 Å². The molecular weight excluding hydrogens is 260 g/mol. The summed E-state index contributed by atoms with van der Waals surface area (Å²) in [5, 5.41) is 17.1. The highest BCUT2D eigenvalue weighted by atomic mass is 16.3. The molecule has 1 aliphatic rings. The number of benzene rings is 1. The van der Waals surface area contributed by atoms with Crippen molar-refractivity contribution in [3.05, 3.63) is 30.0 Å². The number of fused-ring (bicyclic) bond motifs is 1. The van der Waals surface area contributed by atoms with Gasteiger partial charge in [0.15, 0.2) is 0 Å². The number of hydrogen-bond donors (Lipinski definition) is 1. The van der Waals surface area contributed by atoms with Gasteiger partial charge in [-0.25, -0.2) is 0 Å². The van der Waals surface area contributed by atoms with Crippen LogP contribution < -0.4 is 0 Å². The van der Waals surface area contributed by atoms with Gasteiger partial charge in [0.1, 0.15) is 0 Å². The number of hydrogen-bond acceptors (Lipinski definition) is 2. The predicted molar refractivity (Wildman–Crippen MR) is 86.2 cm³/mol. The molecule has 21 heavy (non-hydrogen) atoms. The smallest absolute Gasteiger partial charge is 0.0732 e. The third-order valence-corrected chi connectivity index (χ3v) is 5.25. The second-order valence-corrected chi connectivity index (χ2v) is 6.84. The van der Waals surface area contributed by atoms with Crippen molar-refractivity contribution in [1.29, 1.82) is 0 Å². The second-order valence-electron chi connectivity index (χ2n) is 6.84. The minimum atomic E-state index is -0.595. The van der Waals surface area contributed by atoms with E-state index in [1.54, 1.807) is 0 Å². The number of rotatable bonds is 3. The van der Waals surface area contributed by atoms with E-state index in [4.69, 9.17) is 5.10 Å². The molecule has 1 saturated carbocycles. The summed E-state index contributed by atoms with van der Waals surface area (Å²) in [6, 6.07) is 8.36. The molecule has 0 amide bonds. The Morgan fingerprint density at radius 1 is 1.33 bits per heavy atom. The number of aromatic nitrogens is 2. The van der Waals surface area contributed by atoms with Crippen molar-refractivity contribution in [3.8, 4) is 0 Å². The van der Waals surface area contributed by atoms with Crippen molar-refractivity contribution in [2.24, 2.45) is 11.8 Å². The first kappa shape index (κ1) is 14.6. The normalized spacial score (nSPS) is 29.9. The number of nitrogens with zero attached hydrogens (tertiary/aromatic N) is 2. The van der Waals surface area contributed by atoms with Crippen LogP contribution >= 0.6 is 0 Å². The molecule has 0 bridgehead atoms. The molecule has 3 nitrogen and oxygen atoms in total. The molecule has 0 radical (unpaired) electrons. The van der Waals surface area contributed by atoms with Gasteiger partial charge in [0.05, 0.1) is 16.8 Å². The van der Waals surface area contributed by atoms with Gasteiger partial charge in [0.25, 0.3) is 0 Å². The van der Waals surface area contributed by atoms with Gasteiger partial charge in [-0.15, -0.1) is 0 Å². The van der Waals surface area contributed by atoms with Crippen LogP contribution in [0.15, 0.2) is 24.3 Å². The molecule has 1 heterocycles. The van der Waals surface area contributed by atoms with Crippen LogP contribution in [0.1, 0.15) is 45.7 Å². The fourth-order valence-electron chi connectivity index (χ4n) is 3.80. The van der Waals surface area contributed by atoms with E-state index in [-0.39, 0.29) is 0 Å². The summed E-state index contributed by atoms with van der Waals surface area (Å²) in [7, 11) is 0. The van der Waals surface area contributed by atoms with Gasteiger partial charge in [-0.1, -0.05) is 32.0 Å². The average Bonchev–Trinajstić information content (AvgIpc) is 2.82. The summed E-state index contributed by atoms with van der Waals surface area (Å²) < 4.78 is 2.05. The average molecular weight is 286 g/mol. The lowest BCUT2D eigenvalue weighted by molar-refractivity contribution is -0.0527. The van der Waals surface area contributed by atoms with Crippen molar-refractivity contribution in [3.63, 3.8) is 0 Å². The van der Waals surface area contributed by atoms with E-state index in [2.05, 4.69) is 45.0 Å². The topological polar surface area (TPSA) is 38.0 Å². The van der Waals surface area contributed by atoms with E-state index in [1.807, 2.05) is 4.68 Å². The first-order valence-corrected chi connectivity index (χ1v) is 8.20. The van der Waals surface area contributed by atoms with E-state index in [1.165, 1.54) is 10.9 Å². The third-order valence-electron chi connectivity index (χ3n) is 5.25. The van der Waals surface area contributed by atoms with Crippen LogP contribution in [0.3, 0.4) is 0 Å². The van der Waals surface area contributed by atoms with Gasteiger partial charge < -0.3 is 5.11 Å². The standard InChI is InChI=1S/C18H26N2O/c1-4-20-17-8-6-5-7-15(17)16(19-20)12-18(21)10-9-13(2)11-14(18)3/h5-8,13-14,21H,4,9-12H2,1-3H3.